The van der Waals surface area contributed by atoms with E-state index in [-0.39, 0.29) is 12.5 Å². The Hall–Kier alpha value is -0.650. The minimum Gasteiger partial charge on any atom is -0.468 e. The first-order valence-corrected chi connectivity index (χ1v) is 3.78. The normalized spacial score (nSPS) is 30.6. The lowest BCUT2D eigenvalue weighted by Crippen LogP contribution is -2.29. The summed E-state index contributed by atoms with van der Waals surface area (Å²) >= 11 is 0. The number of carbonyl (C=O) groups excluding carboxylic acids is 1. The summed E-state index contributed by atoms with van der Waals surface area (Å²) in [5, 5.41) is 18.2. The van der Waals surface area contributed by atoms with Gasteiger partial charge >= 0.3 is 5.97 Å². The second kappa shape index (κ2) is 3.84. The second-order valence-electron chi connectivity index (χ2n) is 2.90. The van der Waals surface area contributed by atoms with E-state index in [0.717, 1.165) is 0 Å². The molecule has 5 heteroatoms. The molecule has 0 spiro atoms. The van der Waals surface area contributed by atoms with Crippen molar-refractivity contribution in [3.63, 3.8) is 0 Å². The van der Waals surface area contributed by atoms with Crippen LogP contribution in [0.5, 0.6) is 0 Å². The van der Waals surface area contributed by atoms with Crippen LogP contribution in [0.1, 0.15) is 0 Å². The van der Waals surface area contributed by atoms with Crippen LogP contribution in [0.15, 0.2) is 0 Å². The van der Waals surface area contributed by atoms with E-state index >= 15 is 0 Å². The third-order valence-electron chi connectivity index (χ3n) is 1.92. The summed E-state index contributed by atoms with van der Waals surface area (Å²) in [5.74, 6) is -0.351. The van der Waals surface area contributed by atoms with Crippen LogP contribution in [0.25, 0.3) is 0 Å². The van der Waals surface area contributed by atoms with Gasteiger partial charge in [-0.25, -0.2) is 0 Å². The first-order valence-electron chi connectivity index (χ1n) is 3.78. The van der Waals surface area contributed by atoms with Crippen LogP contribution in [0.3, 0.4) is 0 Å². The van der Waals surface area contributed by atoms with Crippen molar-refractivity contribution in [1.82, 2.24) is 4.90 Å². The van der Waals surface area contributed by atoms with Gasteiger partial charge in [0.2, 0.25) is 0 Å². The highest BCUT2D eigenvalue weighted by atomic mass is 16.5. The van der Waals surface area contributed by atoms with Gasteiger partial charge in [0.1, 0.15) is 0 Å². The molecule has 2 unspecified atom stereocenters. The summed E-state index contributed by atoms with van der Waals surface area (Å²) in [7, 11) is 1.31. The molecule has 0 aromatic heterocycles. The van der Waals surface area contributed by atoms with E-state index in [9.17, 15) is 4.79 Å². The molecule has 1 aliphatic heterocycles. The van der Waals surface area contributed by atoms with Crippen LogP contribution in [-0.2, 0) is 9.53 Å². The van der Waals surface area contributed by atoms with Gasteiger partial charge in [0.15, 0.2) is 0 Å². The lowest BCUT2D eigenvalue weighted by Gasteiger charge is -2.11. The second-order valence-corrected chi connectivity index (χ2v) is 2.90. The zero-order valence-electron chi connectivity index (χ0n) is 6.93. The van der Waals surface area contributed by atoms with Crippen molar-refractivity contribution < 1.29 is 19.7 Å². The molecular weight excluding hydrogens is 162 g/mol. The standard InChI is InChI=1S/C7H13NO4/c1-12-7(11)4-8-2-5(9)6(10)3-8/h5-6,9-10H,2-4H2,1H3. The first-order chi connectivity index (χ1) is 5.63. The number of nitrogens with zero attached hydrogens (tertiary/aromatic N) is 1. The number of aliphatic hydroxyl groups excluding tert-OH is 2. The molecule has 0 aromatic rings. The molecule has 0 aliphatic carbocycles. The number of ether oxygens (including phenoxy) is 1. The van der Waals surface area contributed by atoms with Crippen LogP contribution >= 0.6 is 0 Å². The van der Waals surface area contributed by atoms with Crippen molar-refractivity contribution in [1.29, 1.82) is 0 Å². The monoisotopic (exact) mass is 175 g/mol. The summed E-state index contributed by atoms with van der Waals surface area (Å²) in [6.07, 6.45) is -1.48. The van der Waals surface area contributed by atoms with Gasteiger partial charge in [0, 0.05) is 13.1 Å². The maximum atomic E-state index is 10.8. The summed E-state index contributed by atoms with van der Waals surface area (Å²) in [6.45, 7) is 0.789. The van der Waals surface area contributed by atoms with Gasteiger partial charge in [-0.1, -0.05) is 0 Å². The molecule has 1 rings (SSSR count). The average molecular weight is 175 g/mol. The van der Waals surface area contributed by atoms with Gasteiger partial charge in [-0.15, -0.1) is 0 Å². The van der Waals surface area contributed by atoms with Gasteiger partial charge in [0.25, 0.3) is 0 Å². The number of β-amino-alcohol motifs (C(OH)–C–C–N with tert-alkyl or cyclic N) is 2. The fourth-order valence-electron chi connectivity index (χ4n) is 1.22. The quantitative estimate of drug-likeness (QED) is 0.484. The van der Waals surface area contributed by atoms with Gasteiger partial charge in [-0.2, -0.15) is 0 Å². The Kier molecular flexibility index (Phi) is 3.02. The van der Waals surface area contributed by atoms with Crippen molar-refractivity contribution in [2.45, 2.75) is 12.2 Å². The molecule has 12 heavy (non-hydrogen) atoms. The van der Waals surface area contributed by atoms with Crippen molar-refractivity contribution in [3.8, 4) is 0 Å². The minimum atomic E-state index is -0.741. The number of methoxy groups -OCH3 is 1. The van der Waals surface area contributed by atoms with Crippen LogP contribution in [0.4, 0.5) is 0 Å². The van der Waals surface area contributed by atoms with Crippen LogP contribution in [-0.4, -0.2) is 60.0 Å². The Morgan fingerprint density at radius 3 is 2.42 bits per heavy atom. The fraction of sp³-hybridized carbons (Fsp3) is 0.857. The summed E-state index contributed by atoms with van der Waals surface area (Å²) in [5.41, 5.74) is 0. The molecule has 1 saturated heterocycles. The average Bonchev–Trinajstić information content (AvgIpc) is 2.31. The minimum absolute atomic E-state index is 0.130. The predicted molar refractivity (Wildman–Crippen MR) is 40.5 cm³/mol. The largest absolute Gasteiger partial charge is 0.468 e. The molecule has 1 fully saturated rings. The molecule has 0 aromatic carbocycles. The molecule has 5 nitrogen and oxygen atoms in total. The number of rotatable bonds is 2. The number of hydrogen-bond donors (Lipinski definition) is 2. The summed E-state index contributed by atoms with van der Waals surface area (Å²) in [6, 6.07) is 0. The highest BCUT2D eigenvalue weighted by Gasteiger charge is 2.30. The lowest BCUT2D eigenvalue weighted by atomic mass is 10.3. The van der Waals surface area contributed by atoms with Gasteiger partial charge in [-0.05, 0) is 0 Å². The summed E-state index contributed by atoms with van der Waals surface area (Å²) < 4.78 is 4.44. The van der Waals surface area contributed by atoms with E-state index in [2.05, 4.69) is 4.74 Å². The number of carbonyl (C=O) groups is 1. The molecule has 2 atom stereocenters. The van der Waals surface area contributed by atoms with Gasteiger partial charge in [-0.3, -0.25) is 9.69 Å². The van der Waals surface area contributed by atoms with E-state index in [1.165, 1.54) is 7.11 Å². The highest BCUT2D eigenvalue weighted by Crippen LogP contribution is 2.08. The number of esters is 1. The molecule has 0 saturated carbocycles. The topological polar surface area (TPSA) is 70.0 Å². The third-order valence-corrected chi connectivity index (χ3v) is 1.92. The first kappa shape index (κ1) is 9.44. The molecule has 0 bridgehead atoms. The zero-order chi connectivity index (χ0) is 9.14. The van der Waals surface area contributed by atoms with Crippen molar-refractivity contribution >= 4 is 5.97 Å². The van der Waals surface area contributed by atoms with Crippen LogP contribution in [0, 0.1) is 0 Å². The number of aliphatic hydroxyl groups is 2. The molecule has 1 aliphatic rings. The molecule has 70 valence electrons. The fourth-order valence-corrected chi connectivity index (χ4v) is 1.22. The van der Waals surface area contributed by atoms with E-state index in [0.29, 0.717) is 13.1 Å². The maximum Gasteiger partial charge on any atom is 0.319 e. The lowest BCUT2D eigenvalue weighted by molar-refractivity contribution is -0.141. The highest BCUT2D eigenvalue weighted by molar-refractivity contribution is 5.71. The molecule has 0 radical (unpaired) electrons. The van der Waals surface area contributed by atoms with Gasteiger partial charge < -0.3 is 14.9 Å². The zero-order valence-corrected chi connectivity index (χ0v) is 6.93. The van der Waals surface area contributed by atoms with Crippen molar-refractivity contribution in [3.05, 3.63) is 0 Å². The smallest absolute Gasteiger partial charge is 0.319 e. The predicted octanol–water partition coefficient (Wildman–Crippen LogP) is -1.80. The van der Waals surface area contributed by atoms with E-state index in [1.54, 1.807) is 4.90 Å². The van der Waals surface area contributed by atoms with E-state index in [4.69, 9.17) is 10.2 Å². The van der Waals surface area contributed by atoms with E-state index < -0.39 is 12.2 Å². The summed E-state index contributed by atoms with van der Waals surface area (Å²) in [4.78, 5) is 12.4. The molecule has 2 N–H and O–H groups in total. The third kappa shape index (κ3) is 2.17. The SMILES string of the molecule is COC(=O)CN1CC(O)C(O)C1. The number of hydrogen-bond acceptors (Lipinski definition) is 5. The van der Waals surface area contributed by atoms with Crippen LogP contribution in [0.2, 0.25) is 0 Å². The van der Waals surface area contributed by atoms with E-state index in [1.807, 2.05) is 0 Å². The Labute approximate surface area is 70.5 Å². The molecule has 0 amide bonds. The Balaban J connectivity index is 2.32. The van der Waals surface area contributed by atoms with Crippen molar-refractivity contribution in [2.24, 2.45) is 0 Å². The van der Waals surface area contributed by atoms with Gasteiger partial charge in [0.05, 0.1) is 25.9 Å². The Morgan fingerprint density at radius 2 is 2.00 bits per heavy atom. The molecular formula is C7H13NO4. The maximum absolute atomic E-state index is 10.8. The van der Waals surface area contributed by atoms with Crippen molar-refractivity contribution in [2.75, 3.05) is 26.7 Å². The number of likely N-dealkylation sites (tertiary alicyclic amines) is 1. The molecule has 1 heterocycles. The Morgan fingerprint density at radius 1 is 1.50 bits per heavy atom. The van der Waals surface area contributed by atoms with Crippen LogP contribution < -0.4 is 0 Å². The Bertz CT molecular complexity index is 163.